The summed E-state index contributed by atoms with van der Waals surface area (Å²) in [5.41, 5.74) is 7.97. The summed E-state index contributed by atoms with van der Waals surface area (Å²) in [6.07, 6.45) is 1.48. The Balaban J connectivity index is 2.24. The van der Waals surface area contributed by atoms with Gasteiger partial charge in [0.15, 0.2) is 0 Å². The molecule has 128 valence electrons. The Labute approximate surface area is 145 Å². The number of pyridine rings is 1. The fourth-order valence-electron chi connectivity index (χ4n) is 3.07. The minimum absolute atomic E-state index is 0.0178. The Kier molecular flexibility index (Phi) is 4.89. The van der Waals surface area contributed by atoms with Crippen molar-refractivity contribution in [2.75, 3.05) is 27.2 Å². The van der Waals surface area contributed by atoms with Crippen molar-refractivity contribution in [2.24, 2.45) is 5.73 Å². The van der Waals surface area contributed by atoms with Gasteiger partial charge in [-0.2, -0.15) is 5.10 Å². The van der Waals surface area contributed by atoms with E-state index in [4.69, 9.17) is 17.3 Å². The predicted octanol–water partition coefficient (Wildman–Crippen LogP) is 1.98. The van der Waals surface area contributed by atoms with Crippen molar-refractivity contribution < 1.29 is 0 Å². The molecule has 3 N–H and O–H groups in total. The maximum Gasteiger partial charge on any atom is 0.262 e. The third kappa shape index (κ3) is 3.05. The first-order chi connectivity index (χ1) is 11.5. The molecule has 0 aliphatic carbocycles. The number of nitrogens with one attached hydrogen (secondary N) is 1. The summed E-state index contributed by atoms with van der Waals surface area (Å²) < 4.78 is 1.83. The number of aryl methyl sites for hydroxylation is 1. The highest BCUT2D eigenvalue weighted by Gasteiger charge is 2.17. The lowest BCUT2D eigenvalue weighted by molar-refractivity contribution is 0.387. The van der Waals surface area contributed by atoms with E-state index in [1.807, 2.05) is 36.9 Å². The zero-order chi connectivity index (χ0) is 17.3. The van der Waals surface area contributed by atoms with Crippen molar-refractivity contribution in [3.05, 3.63) is 39.3 Å². The number of halogens is 1. The molecule has 0 amide bonds. The van der Waals surface area contributed by atoms with E-state index in [1.165, 1.54) is 0 Å². The number of nitrogens with two attached hydrogens (primary N) is 1. The van der Waals surface area contributed by atoms with Gasteiger partial charge in [0.25, 0.3) is 5.56 Å². The van der Waals surface area contributed by atoms with E-state index >= 15 is 0 Å². The van der Waals surface area contributed by atoms with Crippen molar-refractivity contribution in [1.29, 1.82) is 0 Å². The lowest BCUT2D eigenvalue weighted by Gasteiger charge is -2.14. The molecule has 1 aromatic carbocycles. The van der Waals surface area contributed by atoms with E-state index < -0.39 is 0 Å². The third-order valence-corrected chi connectivity index (χ3v) is 4.42. The Bertz CT molecular complexity index is 928. The Morgan fingerprint density at radius 1 is 1.38 bits per heavy atom. The molecule has 0 aliphatic heterocycles. The van der Waals surface area contributed by atoms with Crippen molar-refractivity contribution in [1.82, 2.24) is 19.7 Å². The monoisotopic (exact) mass is 347 g/mol. The van der Waals surface area contributed by atoms with Crippen LogP contribution < -0.4 is 11.3 Å². The molecule has 0 bridgehead atoms. The van der Waals surface area contributed by atoms with Crippen molar-refractivity contribution in [3.63, 3.8) is 0 Å². The number of rotatable bonds is 6. The fourth-order valence-corrected chi connectivity index (χ4v) is 3.25. The number of aromatic amines is 1. The molecule has 0 atom stereocenters. The van der Waals surface area contributed by atoms with E-state index in [2.05, 4.69) is 15.1 Å². The van der Waals surface area contributed by atoms with Gasteiger partial charge in [0.05, 0.1) is 10.9 Å². The molecule has 0 radical (unpaired) electrons. The lowest BCUT2D eigenvalue weighted by Crippen LogP contribution is -2.24. The molecule has 2 aromatic heterocycles. The minimum atomic E-state index is -0.0178. The molecule has 3 aromatic rings. The quantitative estimate of drug-likeness (QED) is 0.714. The lowest BCUT2D eigenvalue weighted by atomic mass is 10.1. The number of hydrogen-bond acceptors (Lipinski definition) is 4. The van der Waals surface area contributed by atoms with Crippen molar-refractivity contribution >= 4 is 33.4 Å². The van der Waals surface area contributed by atoms with Crippen LogP contribution in [0.3, 0.4) is 0 Å². The molecule has 0 fully saturated rings. The van der Waals surface area contributed by atoms with E-state index in [9.17, 15) is 4.79 Å². The topological polar surface area (TPSA) is 79.9 Å². The third-order valence-electron chi connectivity index (χ3n) is 4.19. The van der Waals surface area contributed by atoms with Crippen LogP contribution in [0, 0.1) is 0 Å². The number of hydrogen-bond donors (Lipinski definition) is 2. The van der Waals surface area contributed by atoms with Gasteiger partial charge in [0.2, 0.25) is 0 Å². The van der Waals surface area contributed by atoms with E-state index in [1.54, 1.807) is 0 Å². The molecule has 24 heavy (non-hydrogen) atoms. The molecule has 7 heteroatoms. The second kappa shape index (κ2) is 6.93. The van der Waals surface area contributed by atoms with Crippen LogP contribution in [0.5, 0.6) is 0 Å². The first-order valence-electron chi connectivity index (χ1n) is 8.06. The van der Waals surface area contributed by atoms with Crippen molar-refractivity contribution in [3.8, 4) is 0 Å². The maximum absolute atomic E-state index is 13.1. The van der Waals surface area contributed by atoms with Gasteiger partial charge in [0, 0.05) is 29.1 Å². The summed E-state index contributed by atoms with van der Waals surface area (Å²) in [6, 6.07) is 5.57. The van der Waals surface area contributed by atoms with Gasteiger partial charge in [-0.05, 0) is 51.8 Å². The second-order valence-corrected chi connectivity index (χ2v) is 6.68. The number of nitrogens with zero attached hydrogens (tertiary/aromatic N) is 3. The van der Waals surface area contributed by atoms with Crippen LogP contribution in [0.15, 0.2) is 23.0 Å². The molecular weight excluding hydrogens is 326 g/mol. The fraction of sp³-hybridized carbons (Fsp3) is 0.412. The highest BCUT2D eigenvalue weighted by molar-refractivity contribution is 6.31. The molecule has 0 saturated carbocycles. The standard InChI is InChI=1S/C17H22ClN5O/c1-22(2)8-3-9-23-14-5-4-11(18)10-12(14)16-15(17(23)24)13(6-7-19)20-21-16/h4-5,10H,3,6-9,19H2,1-2H3,(H,20,21). The highest BCUT2D eigenvalue weighted by atomic mass is 35.5. The van der Waals surface area contributed by atoms with Gasteiger partial charge in [-0.25, -0.2) is 0 Å². The average molecular weight is 348 g/mol. The van der Waals surface area contributed by atoms with Crippen LogP contribution in [-0.4, -0.2) is 46.8 Å². The Hall–Kier alpha value is -1.89. The molecular formula is C17H22ClN5O. The zero-order valence-corrected chi connectivity index (χ0v) is 14.7. The largest absolute Gasteiger partial charge is 0.330 e. The highest BCUT2D eigenvalue weighted by Crippen LogP contribution is 2.26. The van der Waals surface area contributed by atoms with E-state index in [-0.39, 0.29) is 5.56 Å². The first-order valence-corrected chi connectivity index (χ1v) is 8.44. The smallest absolute Gasteiger partial charge is 0.262 e. The predicted molar refractivity (Wildman–Crippen MR) is 98.8 cm³/mol. The van der Waals surface area contributed by atoms with Crippen LogP contribution in [-0.2, 0) is 13.0 Å². The number of H-pyrrole nitrogens is 1. The molecule has 0 aliphatic rings. The van der Waals surface area contributed by atoms with E-state index in [0.717, 1.165) is 29.6 Å². The second-order valence-electron chi connectivity index (χ2n) is 6.24. The molecule has 2 heterocycles. The zero-order valence-electron chi connectivity index (χ0n) is 14.0. The minimum Gasteiger partial charge on any atom is -0.330 e. The molecule has 0 spiro atoms. The van der Waals surface area contributed by atoms with Gasteiger partial charge < -0.3 is 15.2 Å². The maximum atomic E-state index is 13.1. The Morgan fingerprint density at radius 2 is 2.17 bits per heavy atom. The summed E-state index contributed by atoms with van der Waals surface area (Å²) in [6.45, 7) is 2.03. The first kappa shape index (κ1) is 17.0. The number of fused-ring (bicyclic) bond motifs is 3. The van der Waals surface area contributed by atoms with Gasteiger partial charge in [0.1, 0.15) is 5.52 Å². The number of aromatic nitrogens is 3. The summed E-state index contributed by atoms with van der Waals surface area (Å²) in [5, 5.41) is 9.48. The molecule has 3 rings (SSSR count). The SMILES string of the molecule is CN(C)CCCn1c(=O)c2c(CCN)[nH]nc2c2cc(Cl)ccc21. The molecule has 6 nitrogen and oxygen atoms in total. The van der Waals surface area contributed by atoms with Crippen LogP contribution in [0.1, 0.15) is 12.1 Å². The van der Waals surface area contributed by atoms with Crippen LogP contribution in [0.25, 0.3) is 21.8 Å². The van der Waals surface area contributed by atoms with Crippen molar-refractivity contribution in [2.45, 2.75) is 19.4 Å². The van der Waals surface area contributed by atoms with Crippen LogP contribution in [0.4, 0.5) is 0 Å². The average Bonchev–Trinajstić information content (AvgIpc) is 2.95. The summed E-state index contributed by atoms with van der Waals surface area (Å²) in [7, 11) is 4.05. The molecule has 0 unspecified atom stereocenters. The normalized spacial score (nSPS) is 11.9. The Morgan fingerprint density at radius 3 is 2.88 bits per heavy atom. The van der Waals surface area contributed by atoms with Gasteiger partial charge in [-0.1, -0.05) is 11.6 Å². The summed E-state index contributed by atoms with van der Waals surface area (Å²) in [5.74, 6) is 0. The summed E-state index contributed by atoms with van der Waals surface area (Å²) >= 11 is 6.17. The van der Waals surface area contributed by atoms with Gasteiger partial charge in [-0.15, -0.1) is 0 Å². The van der Waals surface area contributed by atoms with Crippen LogP contribution in [0.2, 0.25) is 5.02 Å². The van der Waals surface area contributed by atoms with Gasteiger partial charge in [-0.3, -0.25) is 9.89 Å². The van der Waals surface area contributed by atoms with Gasteiger partial charge >= 0.3 is 0 Å². The van der Waals surface area contributed by atoms with Crippen LogP contribution >= 0.6 is 11.6 Å². The number of benzene rings is 1. The summed E-state index contributed by atoms with van der Waals surface area (Å²) in [4.78, 5) is 15.2. The molecule has 0 saturated heterocycles. The van der Waals surface area contributed by atoms with E-state index in [0.29, 0.717) is 35.4 Å².